The first-order valence-corrected chi connectivity index (χ1v) is 8.76. The highest BCUT2D eigenvalue weighted by Gasteiger charge is 2.44. The molecule has 1 aromatic heterocycles. The molecule has 0 saturated carbocycles. The SMILES string of the molecule is COc1cc2c(cn1)=NC1=CN=C(C(F)(F)F)C(CCN3CCOCC3)C=21. The molecule has 9 heteroatoms. The van der Waals surface area contributed by atoms with Gasteiger partial charge in [0.1, 0.15) is 5.71 Å². The number of fused-ring (bicyclic) bond motifs is 2. The van der Waals surface area contributed by atoms with Gasteiger partial charge in [0, 0.05) is 30.3 Å². The van der Waals surface area contributed by atoms with E-state index in [1.54, 1.807) is 6.07 Å². The zero-order chi connectivity index (χ0) is 19.0. The Bertz CT molecular complexity index is 918. The van der Waals surface area contributed by atoms with Crippen molar-refractivity contribution in [3.05, 3.63) is 34.7 Å². The molecule has 0 aliphatic carbocycles. The number of morpholine rings is 1. The van der Waals surface area contributed by atoms with Gasteiger partial charge in [-0.2, -0.15) is 13.2 Å². The maximum absolute atomic E-state index is 13.7. The fraction of sp³-hybridized carbons (Fsp3) is 0.500. The highest BCUT2D eigenvalue weighted by Crippen LogP contribution is 2.37. The molecule has 0 N–H and O–H groups in total. The number of allylic oxidation sites excluding steroid dienone is 1. The third-order valence-corrected chi connectivity index (χ3v) is 5.01. The summed E-state index contributed by atoms with van der Waals surface area (Å²) in [6.45, 7) is 3.20. The predicted octanol–water partition coefficient (Wildman–Crippen LogP) is 1.07. The maximum atomic E-state index is 13.7. The van der Waals surface area contributed by atoms with Crippen molar-refractivity contribution in [1.29, 1.82) is 0 Å². The van der Waals surface area contributed by atoms with Gasteiger partial charge in [0.15, 0.2) is 0 Å². The number of nitrogens with zero attached hydrogens (tertiary/aromatic N) is 4. The van der Waals surface area contributed by atoms with Gasteiger partial charge in [-0.3, -0.25) is 9.89 Å². The van der Waals surface area contributed by atoms with Gasteiger partial charge in [0.05, 0.1) is 43.8 Å². The summed E-state index contributed by atoms with van der Waals surface area (Å²) < 4.78 is 51.4. The molecule has 0 aromatic carbocycles. The van der Waals surface area contributed by atoms with Crippen molar-refractivity contribution in [3.63, 3.8) is 0 Å². The van der Waals surface area contributed by atoms with E-state index >= 15 is 0 Å². The average Bonchev–Trinajstić information content (AvgIpc) is 3.04. The Kier molecular flexibility index (Phi) is 4.73. The van der Waals surface area contributed by atoms with Crippen LogP contribution in [0.25, 0.3) is 5.57 Å². The van der Waals surface area contributed by atoms with Gasteiger partial charge >= 0.3 is 6.18 Å². The number of aliphatic imine (C=N–C) groups is 1. The molecule has 0 spiro atoms. The van der Waals surface area contributed by atoms with Crippen LogP contribution in [0.2, 0.25) is 0 Å². The first kappa shape index (κ1) is 18.1. The third kappa shape index (κ3) is 3.49. The number of alkyl halides is 3. The molecular formula is C18H19F3N4O2. The van der Waals surface area contributed by atoms with Crippen molar-refractivity contribution in [2.75, 3.05) is 40.0 Å². The number of ether oxygens (including phenoxy) is 2. The Morgan fingerprint density at radius 1 is 1.30 bits per heavy atom. The molecule has 1 fully saturated rings. The lowest BCUT2D eigenvalue weighted by Gasteiger charge is -2.30. The predicted molar refractivity (Wildman–Crippen MR) is 91.9 cm³/mol. The van der Waals surface area contributed by atoms with Crippen LogP contribution in [0.15, 0.2) is 34.1 Å². The van der Waals surface area contributed by atoms with Crippen molar-refractivity contribution in [2.45, 2.75) is 12.6 Å². The summed E-state index contributed by atoms with van der Waals surface area (Å²) in [4.78, 5) is 14.4. The first-order valence-electron chi connectivity index (χ1n) is 8.76. The Morgan fingerprint density at radius 2 is 2.07 bits per heavy atom. The minimum atomic E-state index is -4.50. The van der Waals surface area contributed by atoms with Crippen molar-refractivity contribution >= 4 is 11.3 Å². The van der Waals surface area contributed by atoms with Gasteiger partial charge in [-0.05, 0) is 18.5 Å². The van der Waals surface area contributed by atoms with Crippen LogP contribution in [0.1, 0.15) is 6.42 Å². The molecule has 4 rings (SSSR count). The first-order chi connectivity index (χ1) is 13.0. The second kappa shape index (κ2) is 7.05. The van der Waals surface area contributed by atoms with Crippen molar-refractivity contribution < 1.29 is 22.6 Å². The standard InChI is InChI=1S/C18H19F3N4O2/c1-26-15-8-12-13(9-22-15)24-14-10-23-17(18(19,20)21)11(16(12)14)2-3-25-4-6-27-7-5-25/h8-11H,2-7H2,1H3. The van der Waals surface area contributed by atoms with Crippen molar-refractivity contribution in [2.24, 2.45) is 15.9 Å². The molecule has 4 heterocycles. The zero-order valence-corrected chi connectivity index (χ0v) is 14.8. The highest BCUT2D eigenvalue weighted by molar-refractivity contribution is 6.02. The summed E-state index contributed by atoms with van der Waals surface area (Å²) in [6, 6.07) is 1.65. The molecule has 0 bridgehead atoms. The highest BCUT2D eigenvalue weighted by atomic mass is 19.4. The van der Waals surface area contributed by atoms with E-state index in [9.17, 15) is 13.2 Å². The van der Waals surface area contributed by atoms with E-state index in [0.717, 1.165) is 13.1 Å². The van der Waals surface area contributed by atoms with E-state index < -0.39 is 17.8 Å². The number of hydrogen-bond donors (Lipinski definition) is 0. The van der Waals surface area contributed by atoms with Crippen molar-refractivity contribution in [3.8, 4) is 5.88 Å². The van der Waals surface area contributed by atoms with Crippen LogP contribution < -0.4 is 15.3 Å². The lowest BCUT2D eigenvalue weighted by Crippen LogP contribution is -2.41. The molecule has 1 aromatic rings. The second-order valence-electron chi connectivity index (χ2n) is 6.59. The lowest BCUT2D eigenvalue weighted by molar-refractivity contribution is -0.0623. The van der Waals surface area contributed by atoms with Gasteiger partial charge in [-0.25, -0.2) is 9.98 Å². The molecular weight excluding hydrogens is 361 g/mol. The summed E-state index contributed by atoms with van der Waals surface area (Å²) in [5.74, 6) is -0.523. The van der Waals surface area contributed by atoms with E-state index in [-0.39, 0.29) is 0 Å². The normalized spacial score (nSPS) is 22.5. The van der Waals surface area contributed by atoms with Crippen LogP contribution >= 0.6 is 0 Å². The minimum absolute atomic E-state index is 0.310. The number of halogens is 3. The largest absolute Gasteiger partial charge is 0.481 e. The van der Waals surface area contributed by atoms with Crippen LogP contribution in [-0.4, -0.2) is 61.7 Å². The quantitative estimate of drug-likeness (QED) is 0.784. The van der Waals surface area contributed by atoms with E-state index in [1.807, 2.05) is 0 Å². The molecule has 0 radical (unpaired) electrons. The Labute approximate surface area is 153 Å². The summed E-state index contributed by atoms with van der Waals surface area (Å²) >= 11 is 0. The Morgan fingerprint density at radius 3 is 2.78 bits per heavy atom. The number of methoxy groups -OCH3 is 1. The van der Waals surface area contributed by atoms with Crippen molar-refractivity contribution in [1.82, 2.24) is 9.88 Å². The van der Waals surface area contributed by atoms with Crippen LogP contribution in [0.5, 0.6) is 5.88 Å². The summed E-state index contributed by atoms with van der Waals surface area (Å²) in [5.41, 5.74) is 0.259. The van der Waals surface area contributed by atoms with E-state index in [4.69, 9.17) is 9.47 Å². The molecule has 3 aliphatic rings. The zero-order valence-electron chi connectivity index (χ0n) is 14.8. The van der Waals surface area contributed by atoms with Gasteiger partial charge in [0.25, 0.3) is 0 Å². The number of pyridine rings is 1. The average molecular weight is 380 g/mol. The number of hydrogen-bond acceptors (Lipinski definition) is 6. The number of aromatic nitrogens is 1. The molecule has 144 valence electrons. The van der Waals surface area contributed by atoms with E-state index in [0.29, 0.717) is 53.9 Å². The fourth-order valence-electron chi connectivity index (χ4n) is 3.68. The summed E-state index contributed by atoms with van der Waals surface area (Å²) in [5, 5.41) is 1.18. The van der Waals surface area contributed by atoms with Crippen LogP contribution in [0.3, 0.4) is 0 Å². The minimum Gasteiger partial charge on any atom is -0.481 e. The maximum Gasteiger partial charge on any atom is 0.430 e. The fourth-order valence-corrected chi connectivity index (χ4v) is 3.68. The molecule has 6 nitrogen and oxygen atoms in total. The molecule has 3 aliphatic heterocycles. The van der Waals surface area contributed by atoms with Crippen LogP contribution in [-0.2, 0) is 4.74 Å². The van der Waals surface area contributed by atoms with Gasteiger partial charge in [0.2, 0.25) is 5.88 Å². The molecule has 0 amide bonds. The van der Waals surface area contributed by atoms with Gasteiger partial charge in [-0.15, -0.1) is 0 Å². The number of rotatable bonds is 4. The van der Waals surface area contributed by atoms with Crippen LogP contribution in [0, 0.1) is 5.92 Å². The van der Waals surface area contributed by atoms with Crippen LogP contribution in [0.4, 0.5) is 13.2 Å². The lowest BCUT2D eigenvalue weighted by atomic mass is 9.86. The van der Waals surface area contributed by atoms with Gasteiger partial charge in [-0.1, -0.05) is 0 Å². The summed E-state index contributed by atoms with van der Waals surface area (Å²) in [6.07, 6.45) is -1.46. The second-order valence-corrected chi connectivity index (χ2v) is 6.59. The topological polar surface area (TPSA) is 59.3 Å². The molecule has 1 atom stereocenters. The smallest absolute Gasteiger partial charge is 0.430 e. The Hall–Kier alpha value is -2.26. The molecule has 1 saturated heterocycles. The van der Waals surface area contributed by atoms with Gasteiger partial charge < -0.3 is 9.47 Å². The summed E-state index contributed by atoms with van der Waals surface area (Å²) in [7, 11) is 1.47. The Balaban J connectivity index is 1.74. The molecule has 27 heavy (non-hydrogen) atoms. The monoisotopic (exact) mass is 380 g/mol. The van der Waals surface area contributed by atoms with E-state index in [2.05, 4.69) is 19.9 Å². The third-order valence-electron chi connectivity index (χ3n) is 5.01. The van der Waals surface area contributed by atoms with E-state index in [1.165, 1.54) is 19.5 Å². The molecule has 1 unspecified atom stereocenters.